The highest BCUT2D eigenvalue weighted by atomic mass is 16.2. The molecule has 0 saturated carbocycles. The zero-order valence-corrected chi connectivity index (χ0v) is 24.1. The van der Waals surface area contributed by atoms with E-state index in [1.54, 1.807) is 0 Å². The Bertz CT molecular complexity index is 795. The summed E-state index contributed by atoms with van der Waals surface area (Å²) in [6, 6.07) is 19.4. The second-order valence-electron chi connectivity index (χ2n) is 10.7. The van der Waals surface area contributed by atoms with Crippen LogP contribution in [0.3, 0.4) is 0 Å². The first-order valence-electron chi connectivity index (χ1n) is 15.3. The molecule has 0 radical (unpaired) electrons. The molecule has 0 aliphatic rings. The summed E-state index contributed by atoms with van der Waals surface area (Å²) in [6.45, 7) is 4.46. The van der Waals surface area contributed by atoms with Crippen LogP contribution in [0.4, 0.5) is 0 Å². The molecule has 0 aliphatic carbocycles. The van der Waals surface area contributed by atoms with E-state index in [2.05, 4.69) is 24.5 Å². The highest BCUT2D eigenvalue weighted by Gasteiger charge is 2.27. The maximum Gasteiger partial charge on any atom is 0.220 e. The molecule has 0 spiro atoms. The molecule has 38 heavy (non-hydrogen) atoms. The van der Waals surface area contributed by atoms with E-state index in [1.807, 2.05) is 60.7 Å². The molecule has 0 fully saturated rings. The summed E-state index contributed by atoms with van der Waals surface area (Å²) in [5.74, 6) is 0.101. The van der Waals surface area contributed by atoms with Gasteiger partial charge in [0.1, 0.15) is 0 Å². The molecule has 2 rings (SSSR count). The number of carbonyl (C=O) groups is 2. The van der Waals surface area contributed by atoms with E-state index in [1.165, 1.54) is 64.2 Å². The topological polar surface area (TPSA) is 58.2 Å². The first-order chi connectivity index (χ1) is 18.7. The fraction of sp³-hybridized carbons (Fsp3) is 0.588. The van der Waals surface area contributed by atoms with Crippen LogP contribution in [0.1, 0.15) is 140 Å². The SMILES string of the molecule is CCCCCCCCCC(=O)N[C@H](c1ccccc1)[C@@H](NC(=O)CCCCCCCCC)c1ccccc1. The average Bonchev–Trinajstić information content (AvgIpc) is 2.95. The molecule has 2 atom stereocenters. The Morgan fingerprint density at radius 2 is 0.816 bits per heavy atom. The van der Waals surface area contributed by atoms with Crippen LogP contribution >= 0.6 is 0 Å². The van der Waals surface area contributed by atoms with Crippen molar-refractivity contribution in [1.29, 1.82) is 0 Å². The number of nitrogens with one attached hydrogen (secondary N) is 2. The largest absolute Gasteiger partial charge is 0.347 e. The number of rotatable bonds is 21. The van der Waals surface area contributed by atoms with Gasteiger partial charge in [-0.25, -0.2) is 0 Å². The Kier molecular flexibility index (Phi) is 16.9. The number of hydrogen-bond acceptors (Lipinski definition) is 2. The molecule has 0 aromatic heterocycles. The van der Waals surface area contributed by atoms with Gasteiger partial charge in [0.25, 0.3) is 0 Å². The predicted molar refractivity (Wildman–Crippen MR) is 160 cm³/mol. The number of amides is 2. The molecule has 2 aromatic carbocycles. The van der Waals surface area contributed by atoms with E-state index in [-0.39, 0.29) is 23.9 Å². The minimum Gasteiger partial charge on any atom is -0.347 e. The summed E-state index contributed by atoms with van der Waals surface area (Å²) in [5.41, 5.74) is 2.01. The zero-order chi connectivity index (χ0) is 27.3. The van der Waals surface area contributed by atoms with Gasteiger partial charge < -0.3 is 10.6 Å². The van der Waals surface area contributed by atoms with Crippen LogP contribution in [-0.4, -0.2) is 11.8 Å². The third-order valence-electron chi connectivity index (χ3n) is 7.30. The molecule has 0 aliphatic heterocycles. The summed E-state index contributed by atoms with van der Waals surface area (Å²) in [6.07, 6.45) is 17.6. The Morgan fingerprint density at radius 3 is 1.16 bits per heavy atom. The van der Waals surface area contributed by atoms with E-state index in [4.69, 9.17) is 0 Å². The van der Waals surface area contributed by atoms with Crippen molar-refractivity contribution in [3.05, 3.63) is 71.8 Å². The average molecular weight is 521 g/mol. The van der Waals surface area contributed by atoms with Gasteiger partial charge in [-0.05, 0) is 24.0 Å². The smallest absolute Gasteiger partial charge is 0.220 e. The molecule has 210 valence electrons. The molecule has 2 N–H and O–H groups in total. The molecule has 0 bridgehead atoms. The summed E-state index contributed by atoms with van der Waals surface area (Å²) in [4.78, 5) is 26.2. The highest BCUT2D eigenvalue weighted by molar-refractivity contribution is 5.78. The predicted octanol–water partition coefficient (Wildman–Crippen LogP) is 8.98. The molecular weight excluding hydrogens is 468 g/mol. The van der Waals surface area contributed by atoms with Crippen molar-refractivity contribution in [2.75, 3.05) is 0 Å². The van der Waals surface area contributed by atoms with Gasteiger partial charge in [-0.2, -0.15) is 0 Å². The lowest BCUT2D eigenvalue weighted by Crippen LogP contribution is -2.40. The van der Waals surface area contributed by atoms with E-state index in [0.717, 1.165) is 36.8 Å². The fourth-order valence-electron chi connectivity index (χ4n) is 5.02. The normalized spacial score (nSPS) is 12.6. The lowest BCUT2D eigenvalue weighted by molar-refractivity contribution is -0.124. The second kappa shape index (κ2) is 20.4. The summed E-state index contributed by atoms with van der Waals surface area (Å²) < 4.78 is 0. The number of unbranched alkanes of at least 4 members (excludes halogenated alkanes) is 12. The van der Waals surface area contributed by atoms with Crippen molar-refractivity contribution >= 4 is 11.8 Å². The maximum atomic E-state index is 13.1. The van der Waals surface area contributed by atoms with E-state index in [0.29, 0.717) is 12.8 Å². The number of benzene rings is 2. The molecule has 2 amide bonds. The molecule has 0 unspecified atom stereocenters. The minimum absolute atomic E-state index is 0.0506. The molecule has 0 saturated heterocycles. The molecule has 0 heterocycles. The third kappa shape index (κ3) is 13.3. The van der Waals surface area contributed by atoms with Gasteiger partial charge in [0.2, 0.25) is 11.8 Å². The van der Waals surface area contributed by atoms with Gasteiger partial charge in [-0.3, -0.25) is 9.59 Å². The van der Waals surface area contributed by atoms with Crippen molar-refractivity contribution in [2.24, 2.45) is 0 Å². The zero-order valence-electron chi connectivity index (χ0n) is 24.1. The van der Waals surface area contributed by atoms with E-state index < -0.39 is 0 Å². The first kappa shape index (κ1) is 31.6. The highest BCUT2D eigenvalue weighted by Crippen LogP contribution is 2.29. The van der Waals surface area contributed by atoms with Gasteiger partial charge in [-0.15, -0.1) is 0 Å². The van der Waals surface area contributed by atoms with Gasteiger partial charge in [0.05, 0.1) is 12.1 Å². The van der Waals surface area contributed by atoms with Gasteiger partial charge in [-0.1, -0.05) is 152 Å². The Labute approximate surface area is 232 Å². The quantitative estimate of drug-likeness (QED) is 0.161. The summed E-state index contributed by atoms with van der Waals surface area (Å²) in [7, 11) is 0. The minimum atomic E-state index is -0.325. The van der Waals surface area contributed by atoms with Crippen molar-refractivity contribution in [1.82, 2.24) is 10.6 Å². The van der Waals surface area contributed by atoms with Crippen LogP contribution in [0.2, 0.25) is 0 Å². The molecule has 4 nitrogen and oxygen atoms in total. The summed E-state index contributed by atoms with van der Waals surface area (Å²) in [5, 5.41) is 6.58. The first-order valence-corrected chi connectivity index (χ1v) is 15.3. The van der Waals surface area contributed by atoms with Crippen LogP contribution in [-0.2, 0) is 9.59 Å². The standard InChI is InChI=1S/C34H52N2O2/c1-3-5-7-9-11-13-21-27-31(37)35-33(29-23-17-15-18-24-29)34(30-25-19-16-20-26-30)36-32(38)28-22-14-12-10-8-6-4-2/h15-20,23-26,33-34H,3-14,21-22,27-28H2,1-2H3,(H,35,37)(H,36,38)/t33-,34+. The maximum absolute atomic E-state index is 13.1. The number of hydrogen-bond donors (Lipinski definition) is 2. The van der Waals surface area contributed by atoms with Gasteiger partial charge >= 0.3 is 0 Å². The molecule has 4 heteroatoms. The molecule has 2 aromatic rings. The van der Waals surface area contributed by atoms with Gasteiger partial charge in [0.15, 0.2) is 0 Å². The second-order valence-corrected chi connectivity index (χ2v) is 10.7. The van der Waals surface area contributed by atoms with Crippen LogP contribution in [0.15, 0.2) is 60.7 Å². The monoisotopic (exact) mass is 520 g/mol. The van der Waals surface area contributed by atoms with Crippen molar-refractivity contribution < 1.29 is 9.59 Å². The van der Waals surface area contributed by atoms with Crippen molar-refractivity contribution in [2.45, 2.75) is 129 Å². The van der Waals surface area contributed by atoms with Crippen LogP contribution in [0.5, 0.6) is 0 Å². The van der Waals surface area contributed by atoms with Crippen LogP contribution in [0, 0.1) is 0 Å². The number of carbonyl (C=O) groups excluding carboxylic acids is 2. The molecular formula is C34H52N2O2. The Hall–Kier alpha value is -2.62. The Morgan fingerprint density at radius 1 is 0.500 bits per heavy atom. The van der Waals surface area contributed by atoms with Crippen LogP contribution in [0.25, 0.3) is 0 Å². The lowest BCUT2D eigenvalue weighted by atomic mass is 9.92. The van der Waals surface area contributed by atoms with Gasteiger partial charge in [0, 0.05) is 12.8 Å². The van der Waals surface area contributed by atoms with Crippen molar-refractivity contribution in [3.8, 4) is 0 Å². The van der Waals surface area contributed by atoms with Crippen LogP contribution < -0.4 is 10.6 Å². The fourth-order valence-corrected chi connectivity index (χ4v) is 5.02. The Balaban J connectivity index is 2.02. The third-order valence-corrected chi connectivity index (χ3v) is 7.30. The van der Waals surface area contributed by atoms with Crippen molar-refractivity contribution in [3.63, 3.8) is 0 Å². The van der Waals surface area contributed by atoms with E-state index in [9.17, 15) is 9.59 Å². The summed E-state index contributed by atoms with van der Waals surface area (Å²) >= 11 is 0. The van der Waals surface area contributed by atoms with E-state index >= 15 is 0 Å². The lowest BCUT2D eigenvalue weighted by Gasteiger charge is -2.30.